The molecule has 0 unspecified atom stereocenters. The number of likely N-dealkylation sites (N-methyl/N-ethyl adjacent to an activating group) is 1. The predicted octanol–water partition coefficient (Wildman–Crippen LogP) is 3.96. The Morgan fingerprint density at radius 3 is 2.54 bits per heavy atom. The molecule has 1 spiro atoms. The zero-order chi connectivity index (χ0) is 28.2. The highest BCUT2D eigenvalue weighted by molar-refractivity contribution is 5.64. The average molecular weight is 563 g/mol. The summed E-state index contributed by atoms with van der Waals surface area (Å²) in [5.41, 5.74) is 8.55. The Labute approximate surface area is 244 Å². The lowest BCUT2D eigenvalue weighted by Gasteiger charge is -2.42. The number of hydrogen-bond acceptors (Lipinski definition) is 9. The molecule has 1 saturated carbocycles. The molecule has 0 atom stereocenters. The minimum atomic E-state index is -0.281. The molecule has 1 aliphatic carbocycles. The van der Waals surface area contributed by atoms with Gasteiger partial charge in [0.2, 0.25) is 0 Å². The number of anilines is 2. The minimum absolute atomic E-state index is 0.0211. The van der Waals surface area contributed by atoms with E-state index in [0.717, 1.165) is 57.2 Å². The fraction of sp³-hybridized carbons (Fsp3) is 0.581. The van der Waals surface area contributed by atoms with Crippen LogP contribution >= 0.6 is 0 Å². The number of fused-ring (bicyclic) bond motifs is 4. The first kappa shape index (κ1) is 27.9. The molecule has 0 aromatic carbocycles. The van der Waals surface area contributed by atoms with Crippen molar-refractivity contribution in [1.29, 1.82) is 0 Å². The maximum Gasteiger partial charge on any atom is 0.174 e. The van der Waals surface area contributed by atoms with Gasteiger partial charge in [-0.25, -0.2) is 4.98 Å². The third-order valence-corrected chi connectivity index (χ3v) is 8.83. The largest absolute Gasteiger partial charge is 0.377 e. The van der Waals surface area contributed by atoms with Crippen LogP contribution in [0.15, 0.2) is 36.8 Å². The summed E-state index contributed by atoms with van der Waals surface area (Å²) in [7, 11) is 2.18. The van der Waals surface area contributed by atoms with E-state index in [9.17, 15) is 0 Å². The number of hydrogen-bond donors (Lipinski definition) is 3. The number of pyridine rings is 1. The number of aromatic nitrogens is 2. The van der Waals surface area contributed by atoms with Gasteiger partial charge in [-0.2, -0.15) is 0 Å². The maximum atomic E-state index is 5.80. The summed E-state index contributed by atoms with van der Waals surface area (Å²) in [4.78, 5) is 9.52. The highest BCUT2D eigenvalue weighted by Gasteiger charge is 2.40. The first-order chi connectivity index (χ1) is 20.1. The van der Waals surface area contributed by atoms with E-state index in [-0.39, 0.29) is 11.8 Å². The second-order valence-corrected chi connectivity index (χ2v) is 11.6. The highest BCUT2D eigenvalue weighted by atomic mass is 16.7. The van der Waals surface area contributed by atoms with E-state index in [4.69, 9.17) is 14.5 Å². The van der Waals surface area contributed by atoms with Gasteiger partial charge in [-0.15, -0.1) is 0 Å². The van der Waals surface area contributed by atoms with Gasteiger partial charge in [0, 0.05) is 51.8 Å². The quantitative estimate of drug-likeness (QED) is 0.373. The zero-order valence-electron chi connectivity index (χ0n) is 24.9. The topological polar surface area (TPSA) is 82.1 Å². The van der Waals surface area contributed by atoms with Gasteiger partial charge in [0.25, 0.3) is 0 Å². The van der Waals surface area contributed by atoms with Crippen LogP contribution < -0.4 is 21.0 Å². The summed E-state index contributed by atoms with van der Waals surface area (Å²) in [6.07, 6.45) is 14.3. The van der Waals surface area contributed by atoms with Gasteiger partial charge in [0.1, 0.15) is 11.6 Å². The first-order valence-electron chi connectivity index (χ1n) is 15.4. The standard InChI is InChI=1S/C31H46N8O2/c1-4-40-30(41-5-2)22-33-29-21-34-31(12-7-6-8-13-31)27-19-24-23-38(14-11-26(24)39(27)29)35-28-10-9-25(20-32-28)37-17-15-36(3)16-18-37/h9-11,14,19-21,30,33-34H,4-8,12-13,15-18,22-23H2,1-3H3,(H,32,35). The van der Waals surface area contributed by atoms with Crippen molar-refractivity contribution in [3.05, 3.63) is 53.7 Å². The molecule has 0 radical (unpaired) electrons. The van der Waals surface area contributed by atoms with Gasteiger partial charge in [-0.1, -0.05) is 19.3 Å². The summed E-state index contributed by atoms with van der Waals surface area (Å²) in [5, 5.41) is 9.58. The Kier molecular flexibility index (Phi) is 8.41. The van der Waals surface area contributed by atoms with Crippen LogP contribution in [0, 0.1) is 0 Å². The van der Waals surface area contributed by atoms with Gasteiger partial charge in [0.05, 0.1) is 41.9 Å². The summed E-state index contributed by atoms with van der Waals surface area (Å²) >= 11 is 0. The molecule has 6 rings (SSSR count). The summed E-state index contributed by atoms with van der Waals surface area (Å²) < 4.78 is 14.0. The zero-order valence-corrected chi connectivity index (χ0v) is 24.9. The SMILES string of the molecule is CCOC(CNC1=CNC2(CCCCC2)c2cc3c(n21)C=CN(Nc1ccc(N2CCN(C)CC2)cn1)C3)OCC. The van der Waals surface area contributed by atoms with Gasteiger partial charge >= 0.3 is 0 Å². The molecule has 10 nitrogen and oxygen atoms in total. The normalized spacial score (nSPS) is 20.0. The molecule has 2 aromatic heterocycles. The molecule has 3 aliphatic heterocycles. The fourth-order valence-corrected chi connectivity index (χ4v) is 6.58. The second-order valence-electron chi connectivity index (χ2n) is 11.6. The van der Waals surface area contributed by atoms with Crippen molar-refractivity contribution >= 4 is 23.4 Å². The Balaban J connectivity index is 1.19. The minimum Gasteiger partial charge on any atom is -0.377 e. The highest BCUT2D eigenvalue weighted by Crippen LogP contribution is 2.43. The molecule has 2 aromatic rings. The van der Waals surface area contributed by atoms with Crippen molar-refractivity contribution in [2.45, 2.75) is 64.3 Å². The third-order valence-electron chi connectivity index (χ3n) is 8.83. The lowest BCUT2D eigenvalue weighted by molar-refractivity contribution is -0.131. The number of nitrogens with zero attached hydrogens (tertiary/aromatic N) is 5. The van der Waals surface area contributed by atoms with Crippen LogP contribution in [0.2, 0.25) is 0 Å². The number of ether oxygens (including phenoxy) is 2. The van der Waals surface area contributed by atoms with Crippen LogP contribution in [0.5, 0.6) is 0 Å². The van der Waals surface area contributed by atoms with Gasteiger partial charge in [-0.05, 0) is 63.6 Å². The van der Waals surface area contributed by atoms with Crippen molar-refractivity contribution in [3.63, 3.8) is 0 Å². The summed E-state index contributed by atoms with van der Waals surface area (Å²) in [5.74, 6) is 1.89. The van der Waals surface area contributed by atoms with Gasteiger partial charge in [-0.3, -0.25) is 15.0 Å². The van der Waals surface area contributed by atoms with Crippen LogP contribution in [0.25, 0.3) is 11.9 Å². The summed E-state index contributed by atoms with van der Waals surface area (Å²) in [6, 6.07) is 6.67. The number of rotatable bonds is 10. The molecule has 0 bridgehead atoms. The van der Waals surface area contributed by atoms with Gasteiger partial charge < -0.3 is 29.9 Å². The summed E-state index contributed by atoms with van der Waals surface area (Å²) in [6.45, 7) is 10.9. The van der Waals surface area contributed by atoms with Crippen molar-refractivity contribution < 1.29 is 9.47 Å². The van der Waals surface area contributed by atoms with E-state index in [1.54, 1.807) is 0 Å². The van der Waals surface area contributed by atoms with Crippen molar-refractivity contribution in [2.24, 2.45) is 0 Å². The molecule has 5 heterocycles. The van der Waals surface area contributed by atoms with E-state index in [0.29, 0.717) is 19.8 Å². The predicted molar refractivity (Wildman–Crippen MR) is 164 cm³/mol. The first-order valence-corrected chi connectivity index (χ1v) is 15.4. The molecule has 41 heavy (non-hydrogen) atoms. The Morgan fingerprint density at radius 2 is 1.83 bits per heavy atom. The molecule has 3 N–H and O–H groups in total. The van der Waals surface area contributed by atoms with Crippen molar-refractivity contribution in [3.8, 4) is 0 Å². The average Bonchev–Trinajstić information content (AvgIpc) is 3.39. The third kappa shape index (κ3) is 5.91. The lowest BCUT2D eigenvalue weighted by Crippen LogP contribution is -2.47. The Morgan fingerprint density at radius 1 is 1.05 bits per heavy atom. The van der Waals surface area contributed by atoms with Gasteiger partial charge in [0.15, 0.2) is 6.29 Å². The lowest BCUT2D eigenvalue weighted by atomic mass is 9.78. The molecule has 222 valence electrons. The second kappa shape index (κ2) is 12.3. The van der Waals surface area contributed by atoms with Crippen LogP contribution in [0.1, 0.15) is 62.9 Å². The molecular weight excluding hydrogens is 516 g/mol. The molecule has 0 amide bonds. The van der Waals surface area contributed by atoms with Crippen LogP contribution in [-0.4, -0.2) is 78.7 Å². The van der Waals surface area contributed by atoms with E-state index in [2.05, 4.69) is 79.2 Å². The van der Waals surface area contributed by atoms with E-state index < -0.39 is 0 Å². The van der Waals surface area contributed by atoms with Crippen LogP contribution in [0.4, 0.5) is 11.5 Å². The molecule has 2 fully saturated rings. The van der Waals surface area contributed by atoms with E-state index in [1.165, 1.54) is 41.9 Å². The molecule has 1 saturated heterocycles. The van der Waals surface area contributed by atoms with Crippen molar-refractivity contribution in [2.75, 3.05) is 63.3 Å². The van der Waals surface area contributed by atoms with E-state index in [1.807, 2.05) is 20.0 Å². The maximum absolute atomic E-state index is 5.80. The monoisotopic (exact) mass is 562 g/mol. The Hall–Kier alpha value is -3.21. The molecule has 10 heteroatoms. The molecule has 4 aliphatic rings. The van der Waals surface area contributed by atoms with Crippen LogP contribution in [-0.2, 0) is 21.6 Å². The fourth-order valence-electron chi connectivity index (χ4n) is 6.58. The molecular formula is C31H46N8O2. The number of hydrazine groups is 1. The Bertz CT molecular complexity index is 1220. The van der Waals surface area contributed by atoms with E-state index >= 15 is 0 Å². The van der Waals surface area contributed by atoms with Crippen molar-refractivity contribution in [1.82, 2.24) is 30.1 Å². The number of nitrogens with one attached hydrogen (secondary N) is 3. The van der Waals surface area contributed by atoms with Crippen LogP contribution in [0.3, 0.4) is 0 Å². The number of piperazine rings is 1. The smallest absolute Gasteiger partial charge is 0.174 e.